The maximum absolute atomic E-state index is 8.98. The van der Waals surface area contributed by atoms with E-state index in [4.69, 9.17) is 16.7 Å². The molecule has 1 fully saturated rings. The minimum atomic E-state index is 0. The van der Waals surface area contributed by atoms with Crippen molar-refractivity contribution in [2.75, 3.05) is 25.4 Å². The van der Waals surface area contributed by atoms with E-state index in [1.807, 2.05) is 0 Å². The van der Waals surface area contributed by atoms with Gasteiger partial charge in [-0.1, -0.05) is 6.92 Å². The molecule has 0 saturated carbocycles. The fraction of sp³-hybridized carbons (Fsp3) is 0.643. The number of H-pyrrole nitrogens is 1. The lowest BCUT2D eigenvalue weighted by atomic mass is 10.00. The number of rotatable bonds is 4. The predicted octanol–water partition coefficient (Wildman–Crippen LogP) is 1.46. The van der Waals surface area contributed by atoms with Crippen molar-refractivity contribution in [2.24, 2.45) is 16.6 Å². The number of nitrogen functional groups attached to an aromatic ring is 1. The SMILES string of the molecule is CC1CCN(C(N)=NCCCc2[nH]nc(N)c2C#N)CC1.I. The van der Waals surface area contributed by atoms with E-state index < -0.39 is 0 Å². The zero-order valence-corrected chi connectivity index (χ0v) is 15.2. The minimum absolute atomic E-state index is 0. The van der Waals surface area contributed by atoms with Gasteiger partial charge < -0.3 is 16.4 Å². The third-order valence-electron chi connectivity index (χ3n) is 3.95. The molecule has 1 aliphatic rings. The van der Waals surface area contributed by atoms with Gasteiger partial charge in [0.25, 0.3) is 0 Å². The molecule has 1 aromatic heterocycles. The first-order chi connectivity index (χ1) is 10.1. The summed E-state index contributed by atoms with van der Waals surface area (Å²) in [5, 5.41) is 15.6. The Morgan fingerprint density at radius 2 is 2.18 bits per heavy atom. The van der Waals surface area contributed by atoms with Gasteiger partial charge in [-0.15, -0.1) is 24.0 Å². The largest absolute Gasteiger partial charge is 0.381 e. The number of aliphatic imine (C=N–C) groups is 1. The molecule has 0 atom stereocenters. The van der Waals surface area contributed by atoms with Crippen molar-refractivity contribution in [3.05, 3.63) is 11.3 Å². The summed E-state index contributed by atoms with van der Waals surface area (Å²) >= 11 is 0. The van der Waals surface area contributed by atoms with Gasteiger partial charge >= 0.3 is 0 Å². The second kappa shape index (κ2) is 8.82. The summed E-state index contributed by atoms with van der Waals surface area (Å²) in [5.41, 5.74) is 12.8. The van der Waals surface area contributed by atoms with Crippen LogP contribution in [0, 0.1) is 17.2 Å². The van der Waals surface area contributed by atoms with E-state index in [0.717, 1.165) is 31.1 Å². The van der Waals surface area contributed by atoms with Crippen molar-refractivity contribution in [2.45, 2.75) is 32.6 Å². The van der Waals surface area contributed by atoms with Crippen molar-refractivity contribution in [1.29, 1.82) is 5.26 Å². The van der Waals surface area contributed by atoms with Gasteiger partial charge in [0.2, 0.25) is 0 Å². The second-order valence-electron chi connectivity index (χ2n) is 5.59. The zero-order valence-electron chi connectivity index (χ0n) is 12.9. The van der Waals surface area contributed by atoms with Gasteiger partial charge in [0.15, 0.2) is 11.8 Å². The number of hydrogen-bond donors (Lipinski definition) is 3. The highest BCUT2D eigenvalue weighted by Gasteiger charge is 2.16. The van der Waals surface area contributed by atoms with Crippen LogP contribution in [0.2, 0.25) is 0 Å². The Morgan fingerprint density at radius 3 is 2.82 bits per heavy atom. The number of hydrogen-bond acceptors (Lipinski definition) is 4. The summed E-state index contributed by atoms with van der Waals surface area (Å²) in [5.74, 6) is 1.67. The molecule has 22 heavy (non-hydrogen) atoms. The smallest absolute Gasteiger partial charge is 0.191 e. The molecule has 1 saturated heterocycles. The number of anilines is 1. The van der Waals surface area contributed by atoms with Gasteiger partial charge in [0, 0.05) is 19.6 Å². The lowest BCUT2D eigenvalue weighted by Crippen LogP contribution is -2.42. The Kier molecular flexibility index (Phi) is 7.44. The molecule has 122 valence electrons. The Bertz CT molecular complexity index is 538. The van der Waals surface area contributed by atoms with Gasteiger partial charge in [0.05, 0.1) is 5.69 Å². The molecule has 5 N–H and O–H groups in total. The lowest BCUT2D eigenvalue weighted by molar-refractivity contribution is 0.277. The zero-order chi connectivity index (χ0) is 15.2. The van der Waals surface area contributed by atoms with E-state index >= 15 is 0 Å². The predicted molar refractivity (Wildman–Crippen MR) is 97.9 cm³/mol. The van der Waals surface area contributed by atoms with Crippen LogP contribution in [0.1, 0.15) is 37.4 Å². The normalized spacial score (nSPS) is 16.2. The lowest BCUT2D eigenvalue weighted by Gasteiger charge is -2.31. The number of guanidine groups is 1. The quantitative estimate of drug-likeness (QED) is 0.297. The number of nitriles is 1. The highest BCUT2D eigenvalue weighted by Crippen LogP contribution is 2.16. The van der Waals surface area contributed by atoms with E-state index in [-0.39, 0.29) is 29.8 Å². The van der Waals surface area contributed by atoms with Gasteiger partial charge in [-0.2, -0.15) is 10.4 Å². The molecule has 0 amide bonds. The highest BCUT2D eigenvalue weighted by molar-refractivity contribution is 14.0. The number of nitrogens with two attached hydrogens (primary N) is 2. The summed E-state index contributed by atoms with van der Waals surface area (Å²) in [6, 6.07) is 2.06. The molecular formula is C14H24IN7. The number of aryl methyl sites for hydroxylation is 1. The van der Waals surface area contributed by atoms with E-state index in [1.54, 1.807) is 0 Å². The van der Waals surface area contributed by atoms with Gasteiger partial charge in [0.1, 0.15) is 11.6 Å². The molecule has 2 heterocycles. The number of likely N-dealkylation sites (tertiary alicyclic amines) is 1. The number of aromatic nitrogens is 2. The standard InChI is InChI=1S/C14H23N7.HI/c1-10-4-7-21(8-5-10)14(17)18-6-2-3-12-11(9-15)13(16)20-19-12;/h10H,2-8H2,1H3,(H2,17,18)(H3,16,19,20);1H. The van der Waals surface area contributed by atoms with Gasteiger partial charge in [-0.25, -0.2) is 0 Å². The fourth-order valence-electron chi connectivity index (χ4n) is 2.49. The van der Waals surface area contributed by atoms with E-state index in [0.29, 0.717) is 24.5 Å². The average molecular weight is 417 g/mol. The van der Waals surface area contributed by atoms with E-state index in [2.05, 4.69) is 33.1 Å². The van der Waals surface area contributed by atoms with Crippen LogP contribution in [-0.4, -0.2) is 40.7 Å². The molecule has 0 spiro atoms. The maximum Gasteiger partial charge on any atom is 0.191 e. The molecule has 1 aromatic rings. The first kappa shape index (κ1) is 18.5. The van der Waals surface area contributed by atoms with Crippen molar-refractivity contribution < 1.29 is 0 Å². The third kappa shape index (κ3) is 4.76. The fourth-order valence-corrected chi connectivity index (χ4v) is 2.49. The molecular weight excluding hydrogens is 393 g/mol. The molecule has 0 unspecified atom stereocenters. The van der Waals surface area contributed by atoms with Crippen molar-refractivity contribution >= 4 is 35.8 Å². The summed E-state index contributed by atoms with van der Waals surface area (Å²) < 4.78 is 0. The summed E-state index contributed by atoms with van der Waals surface area (Å²) in [6.45, 7) is 4.90. The number of halogens is 1. The molecule has 2 rings (SSSR count). The molecule has 0 aromatic carbocycles. The molecule has 0 aliphatic carbocycles. The van der Waals surface area contributed by atoms with E-state index in [9.17, 15) is 0 Å². The van der Waals surface area contributed by atoms with Crippen molar-refractivity contribution in [3.63, 3.8) is 0 Å². The number of nitrogens with one attached hydrogen (secondary N) is 1. The number of piperidine rings is 1. The molecule has 8 heteroatoms. The van der Waals surface area contributed by atoms with Crippen LogP contribution >= 0.6 is 24.0 Å². The van der Waals surface area contributed by atoms with E-state index in [1.165, 1.54) is 12.8 Å². The van der Waals surface area contributed by atoms with Crippen LogP contribution < -0.4 is 11.5 Å². The third-order valence-corrected chi connectivity index (χ3v) is 3.95. The van der Waals surface area contributed by atoms with Gasteiger partial charge in [-0.05, 0) is 31.6 Å². The molecule has 0 bridgehead atoms. The topological polar surface area (TPSA) is 120 Å². The van der Waals surface area contributed by atoms with Crippen LogP contribution in [-0.2, 0) is 6.42 Å². The maximum atomic E-state index is 8.98. The second-order valence-corrected chi connectivity index (χ2v) is 5.59. The minimum Gasteiger partial charge on any atom is -0.381 e. The Morgan fingerprint density at radius 1 is 1.50 bits per heavy atom. The van der Waals surface area contributed by atoms with Crippen LogP contribution in [0.5, 0.6) is 0 Å². The Hall–Kier alpha value is -1.50. The monoisotopic (exact) mass is 417 g/mol. The molecule has 0 radical (unpaired) electrons. The number of nitrogens with zero attached hydrogens (tertiary/aromatic N) is 4. The van der Waals surface area contributed by atoms with Crippen molar-refractivity contribution in [1.82, 2.24) is 15.1 Å². The Labute approximate surface area is 148 Å². The molecule has 1 aliphatic heterocycles. The first-order valence-electron chi connectivity index (χ1n) is 7.39. The molecule has 7 nitrogen and oxygen atoms in total. The van der Waals surface area contributed by atoms with Crippen LogP contribution in [0.3, 0.4) is 0 Å². The number of aromatic amines is 1. The van der Waals surface area contributed by atoms with Crippen LogP contribution in [0.15, 0.2) is 4.99 Å². The summed E-state index contributed by atoms with van der Waals surface area (Å²) in [7, 11) is 0. The van der Waals surface area contributed by atoms with Gasteiger partial charge in [-0.3, -0.25) is 10.1 Å². The average Bonchev–Trinajstić information content (AvgIpc) is 2.84. The highest BCUT2D eigenvalue weighted by atomic mass is 127. The Balaban J connectivity index is 0.00000242. The van der Waals surface area contributed by atoms with Crippen LogP contribution in [0.25, 0.3) is 0 Å². The summed E-state index contributed by atoms with van der Waals surface area (Å²) in [6.07, 6.45) is 3.85. The van der Waals surface area contributed by atoms with Crippen molar-refractivity contribution in [3.8, 4) is 6.07 Å². The van der Waals surface area contributed by atoms with Crippen LogP contribution in [0.4, 0.5) is 5.82 Å². The summed E-state index contributed by atoms with van der Waals surface area (Å²) in [4.78, 5) is 6.57. The first-order valence-corrected chi connectivity index (χ1v) is 7.39.